The van der Waals surface area contributed by atoms with Gasteiger partial charge < -0.3 is 9.47 Å². The number of aryl methyl sites for hydroxylation is 1. The number of methoxy groups -OCH3 is 2. The Kier molecular flexibility index (Phi) is 4.88. The van der Waals surface area contributed by atoms with E-state index in [1.165, 1.54) is 0 Å². The van der Waals surface area contributed by atoms with Crippen LogP contribution in [-0.4, -0.2) is 14.2 Å². The van der Waals surface area contributed by atoms with E-state index in [0.717, 1.165) is 17.1 Å². The summed E-state index contributed by atoms with van der Waals surface area (Å²) < 4.78 is 10.0. The Balaban J connectivity index is 0.00000121. The Bertz CT molecular complexity index is 248. The number of rotatable bonds is 2. The SMILES string of the molecule is COc1c[c-]c(OC)c(C)c1.[Li+]. The van der Waals surface area contributed by atoms with Crippen molar-refractivity contribution in [1.29, 1.82) is 0 Å². The van der Waals surface area contributed by atoms with Gasteiger partial charge in [-0.1, -0.05) is 6.92 Å². The summed E-state index contributed by atoms with van der Waals surface area (Å²) in [6, 6.07) is 6.63. The summed E-state index contributed by atoms with van der Waals surface area (Å²) in [5.41, 5.74) is 1.03. The molecule has 0 heterocycles. The molecule has 2 nitrogen and oxygen atoms in total. The monoisotopic (exact) mass is 158 g/mol. The minimum Gasteiger partial charge on any atom is -0.554 e. The van der Waals surface area contributed by atoms with Gasteiger partial charge in [-0.3, -0.25) is 0 Å². The molecule has 0 amide bonds. The maximum atomic E-state index is 5.03. The molecular weight excluding hydrogens is 147 g/mol. The second-order valence-corrected chi connectivity index (χ2v) is 2.26. The molecule has 1 rings (SSSR count). The second kappa shape index (κ2) is 5.13. The zero-order valence-corrected chi connectivity index (χ0v) is 7.97. The first-order chi connectivity index (χ1) is 5.27. The summed E-state index contributed by atoms with van der Waals surface area (Å²) in [6.07, 6.45) is 0. The molecule has 0 aliphatic heterocycles. The van der Waals surface area contributed by atoms with Crippen molar-refractivity contribution >= 4 is 0 Å². The fourth-order valence-electron chi connectivity index (χ4n) is 0.909. The normalized spacial score (nSPS) is 8.58. The summed E-state index contributed by atoms with van der Waals surface area (Å²) >= 11 is 0. The molecule has 0 aliphatic rings. The van der Waals surface area contributed by atoms with Gasteiger partial charge in [0.15, 0.2) is 0 Å². The molecule has 1 aromatic carbocycles. The molecule has 0 saturated heterocycles. The van der Waals surface area contributed by atoms with E-state index in [9.17, 15) is 0 Å². The first-order valence-electron chi connectivity index (χ1n) is 3.38. The predicted octanol–water partition coefficient (Wildman–Crippen LogP) is -1.18. The maximum Gasteiger partial charge on any atom is 1.00 e. The molecule has 1 aromatic rings. The largest absolute Gasteiger partial charge is 1.00 e. The number of benzene rings is 1. The van der Waals surface area contributed by atoms with E-state index < -0.39 is 0 Å². The smallest absolute Gasteiger partial charge is 0.554 e. The maximum absolute atomic E-state index is 5.03. The Morgan fingerprint density at radius 2 is 1.92 bits per heavy atom. The molecule has 0 saturated carbocycles. The van der Waals surface area contributed by atoms with Crippen LogP contribution in [-0.2, 0) is 0 Å². The molecule has 0 aliphatic carbocycles. The van der Waals surface area contributed by atoms with Crippen molar-refractivity contribution < 1.29 is 28.3 Å². The minimum atomic E-state index is 0. The first kappa shape index (κ1) is 11.4. The van der Waals surface area contributed by atoms with Crippen LogP contribution in [0.3, 0.4) is 0 Å². The summed E-state index contributed by atoms with van der Waals surface area (Å²) in [5.74, 6) is 1.58. The molecule has 60 valence electrons. The standard InChI is InChI=1S/C9H11O2.Li/c1-7-6-8(10-2)4-5-9(7)11-3;/h4,6H,1-3H3;/q-1;+1. The van der Waals surface area contributed by atoms with Gasteiger partial charge in [-0.15, -0.1) is 23.8 Å². The van der Waals surface area contributed by atoms with Crippen LogP contribution in [0.25, 0.3) is 0 Å². The van der Waals surface area contributed by atoms with Crippen LogP contribution < -0.4 is 28.3 Å². The Morgan fingerprint density at radius 1 is 1.25 bits per heavy atom. The zero-order chi connectivity index (χ0) is 8.27. The summed E-state index contributed by atoms with van der Waals surface area (Å²) in [4.78, 5) is 0. The zero-order valence-electron chi connectivity index (χ0n) is 7.97. The fourth-order valence-corrected chi connectivity index (χ4v) is 0.909. The molecule has 12 heavy (non-hydrogen) atoms. The molecule has 0 aromatic heterocycles. The van der Waals surface area contributed by atoms with Gasteiger partial charge in [-0.2, -0.15) is 0 Å². The van der Waals surface area contributed by atoms with Crippen LogP contribution in [0.5, 0.6) is 11.5 Å². The summed E-state index contributed by atoms with van der Waals surface area (Å²) in [7, 11) is 3.26. The van der Waals surface area contributed by atoms with Crippen LogP contribution in [0.4, 0.5) is 0 Å². The Labute approximate surface area is 85.1 Å². The summed E-state index contributed by atoms with van der Waals surface area (Å²) in [5, 5.41) is 0. The Hall–Kier alpha value is -0.583. The van der Waals surface area contributed by atoms with E-state index in [-0.39, 0.29) is 18.9 Å². The van der Waals surface area contributed by atoms with Crippen molar-refractivity contribution in [3.8, 4) is 11.5 Å². The van der Waals surface area contributed by atoms with Crippen molar-refractivity contribution in [1.82, 2.24) is 0 Å². The Morgan fingerprint density at radius 3 is 2.33 bits per heavy atom. The van der Waals surface area contributed by atoms with Gasteiger partial charge >= 0.3 is 18.9 Å². The van der Waals surface area contributed by atoms with E-state index >= 15 is 0 Å². The van der Waals surface area contributed by atoms with Crippen LogP contribution >= 0.6 is 0 Å². The molecule has 0 N–H and O–H groups in total. The molecule has 3 heteroatoms. The minimum absolute atomic E-state index is 0. The molecule has 0 bridgehead atoms. The van der Waals surface area contributed by atoms with Gasteiger partial charge in [0.25, 0.3) is 0 Å². The predicted molar refractivity (Wildman–Crippen MR) is 43.1 cm³/mol. The topological polar surface area (TPSA) is 18.5 Å². The first-order valence-corrected chi connectivity index (χ1v) is 3.38. The third-order valence-electron chi connectivity index (χ3n) is 1.50. The van der Waals surface area contributed by atoms with Crippen molar-refractivity contribution in [2.75, 3.05) is 14.2 Å². The van der Waals surface area contributed by atoms with E-state index in [0.29, 0.717) is 0 Å². The fraction of sp³-hybridized carbons (Fsp3) is 0.333. The molecule has 0 fully saturated rings. The van der Waals surface area contributed by atoms with Gasteiger partial charge in [0.1, 0.15) is 0 Å². The van der Waals surface area contributed by atoms with Crippen molar-refractivity contribution in [3.05, 3.63) is 23.8 Å². The van der Waals surface area contributed by atoms with Gasteiger partial charge in [0.2, 0.25) is 0 Å². The van der Waals surface area contributed by atoms with E-state index in [4.69, 9.17) is 9.47 Å². The third kappa shape index (κ3) is 2.48. The van der Waals surface area contributed by atoms with Crippen LogP contribution in [0.15, 0.2) is 12.1 Å². The van der Waals surface area contributed by atoms with Crippen LogP contribution in [0, 0.1) is 13.0 Å². The number of ether oxygens (including phenoxy) is 2. The number of hydrogen-bond donors (Lipinski definition) is 0. The summed E-state index contributed by atoms with van der Waals surface area (Å²) in [6.45, 7) is 1.96. The third-order valence-corrected chi connectivity index (χ3v) is 1.50. The van der Waals surface area contributed by atoms with Crippen LogP contribution in [0.1, 0.15) is 5.56 Å². The molecular formula is C9H11LiO2. The van der Waals surface area contributed by atoms with Gasteiger partial charge in [-0.25, -0.2) is 0 Å². The van der Waals surface area contributed by atoms with Crippen molar-refractivity contribution in [2.45, 2.75) is 6.92 Å². The van der Waals surface area contributed by atoms with Gasteiger partial charge in [0.05, 0.1) is 14.2 Å². The van der Waals surface area contributed by atoms with Gasteiger partial charge in [0, 0.05) is 11.5 Å². The van der Waals surface area contributed by atoms with Crippen molar-refractivity contribution in [2.24, 2.45) is 0 Å². The van der Waals surface area contributed by atoms with Gasteiger partial charge in [-0.05, 0) is 0 Å². The molecule has 0 atom stereocenters. The quantitative estimate of drug-likeness (QED) is 0.398. The molecule has 0 radical (unpaired) electrons. The second-order valence-electron chi connectivity index (χ2n) is 2.26. The molecule has 0 spiro atoms. The van der Waals surface area contributed by atoms with Crippen LogP contribution in [0.2, 0.25) is 0 Å². The average molecular weight is 158 g/mol. The van der Waals surface area contributed by atoms with E-state index in [1.54, 1.807) is 20.3 Å². The van der Waals surface area contributed by atoms with Crippen molar-refractivity contribution in [3.63, 3.8) is 0 Å². The average Bonchev–Trinajstić information content (AvgIpc) is 2.04. The number of hydrogen-bond acceptors (Lipinski definition) is 2. The van der Waals surface area contributed by atoms with E-state index in [1.807, 2.05) is 13.0 Å². The molecule has 0 unspecified atom stereocenters. The van der Waals surface area contributed by atoms with E-state index in [2.05, 4.69) is 6.07 Å².